The molecule has 2 aliphatic heterocycles. The van der Waals surface area contributed by atoms with Gasteiger partial charge in [0.1, 0.15) is 12.1 Å². The minimum absolute atomic E-state index is 0.351. The van der Waals surface area contributed by atoms with Gasteiger partial charge in [-0.25, -0.2) is 19.9 Å². The zero-order valence-corrected chi connectivity index (χ0v) is 16.7. The van der Waals surface area contributed by atoms with E-state index in [0.717, 1.165) is 66.2 Å². The number of anilines is 2. The summed E-state index contributed by atoms with van der Waals surface area (Å²) in [7, 11) is 0. The summed E-state index contributed by atoms with van der Waals surface area (Å²) < 4.78 is 0. The van der Waals surface area contributed by atoms with Crippen molar-refractivity contribution in [2.24, 2.45) is 0 Å². The molecule has 2 amide bonds. The van der Waals surface area contributed by atoms with Gasteiger partial charge >= 0.3 is 0 Å². The van der Waals surface area contributed by atoms with Crippen LogP contribution in [0, 0.1) is 0 Å². The van der Waals surface area contributed by atoms with Gasteiger partial charge in [-0.3, -0.25) is 14.9 Å². The van der Waals surface area contributed by atoms with Crippen LogP contribution in [0.4, 0.5) is 16.6 Å². The van der Waals surface area contributed by atoms with Crippen LogP contribution in [0.5, 0.6) is 0 Å². The van der Waals surface area contributed by atoms with Gasteiger partial charge in [0, 0.05) is 44.0 Å². The zero-order chi connectivity index (χ0) is 20.5. The van der Waals surface area contributed by atoms with Crippen LogP contribution in [0.3, 0.4) is 0 Å². The Kier molecular flexibility index (Phi) is 4.75. The number of carbonyl (C=O) groups is 2. The molecule has 1 aromatic carbocycles. The predicted octanol–water partition coefficient (Wildman–Crippen LogP) is 2.07. The van der Waals surface area contributed by atoms with E-state index in [1.54, 1.807) is 24.8 Å². The molecule has 5 rings (SSSR count). The van der Waals surface area contributed by atoms with Crippen molar-refractivity contribution in [1.29, 1.82) is 0 Å². The number of rotatable bonds is 3. The van der Waals surface area contributed by atoms with Crippen LogP contribution in [0.25, 0.3) is 17.0 Å². The summed E-state index contributed by atoms with van der Waals surface area (Å²) in [5, 5.41) is 2.83. The summed E-state index contributed by atoms with van der Waals surface area (Å²) in [6, 6.07) is 7.55. The molecule has 150 valence electrons. The minimum Gasteiger partial charge on any atom is -0.352 e. The number of carbonyl (C=O) groups excluding carboxylic acids is 2. The number of nitrogens with one attached hydrogen (secondary N) is 1. The highest BCUT2D eigenvalue weighted by atomic mass is 32.2. The average molecular weight is 419 g/mol. The van der Waals surface area contributed by atoms with Crippen LogP contribution in [0.2, 0.25) is 0 Å². The highest BCUT2D eigenvalue weighted by molar-refractivity contribution is 8.18. The van der Waals surface area contributed by atoms with Crippen LogP contribution in [0.15, 0.2) is 47.9 Å². The molecule has 0 aliphatic carbocycles. The van der Waals surface area contributed by atoms with E-state index in [2.05, 4.69) is 35.1 Å². The average Bonchev–Trinajstić information content (AvgIpc) is 3.10. The number of nitrogens with zero attached hydrogens (tertiary/aromatic N) is 6. The summed E-state index contributed by atoms with van der Waals surface area (Å²) in [5.74, 6) is 1.22. The van der Waals surface area contributed by atoms with Crippen LogP contribution in [-0.4, -0.2) is 57.3 Å². The van der Waals surface area contributed by atoms with Gasteiger partial charge in [0.15, 0.2) is 0 Å². The molecule has 9 nitrogen and oxygen atoms in total. The lowest BCUT2D eigenvalue weighted by Gasteiger charge is -2.35. The number of hydrogen-bond donors (Lipinski definition) is 1. The third-order valence-electron chi connectivity index (χ3n) is 4.99. The molecule has 0 unspecified atom stereocenters. The van der Waals surface area contributed by atoms with Crippen molar-refractivity contribution >= 4 is 51.7 Å². The second-order valence-electron chi connectivity index (χ2n) is 6.85. The maximum absolute atomic E-state index is 11.8. The molecule has 2 fully saturated rings. The van der Waals surface area contributed by atoms with Crippen molar-refractivity contribution in [2.75, 3.05) is 36.0 Å². The number of fused-ring (bicyclic) bond motifs is 1. The summed E-state index contributed by atoms with van der Waals surface area (Å²) in [5.41, 5.74) is 1.65. The van der Waals surface area contributed by atoms with Gasteiger partial charge in [-0.15, -0.1) is 0 Å². The smallest absolute Gasteiger partial charge is 0.290 e. The summed E-state index contributed by atoms with van der Waals surface area (Å²) in [6.07, 6.45) is 6.78. The SMILES string of the molecule is O=C1NC(=O)/C(=C/c2ccc3ncnc(N4CCN(c5ncccn5)CC4)c3c2)S1. The molecule has 2 saturated heterocycles. The van der Waals surface area contributed by atoms with E-state index in [4.69, 9.17) is 0 Å². The molecular formula is C20H17N7O2S. The molecule has 0 atom stereocenters. The Labute approximate surface area is 176 Å². The largest absolute Gasteiger partial charge is 0.352 e. The van der Waals surface area contributed by atoms with Gasteiger partial charge in [0.25, 0.3) is 11.1 Å². The molecule has 0 bridgehead atoms. The zero-order valence-electron chi connectivity index (χ0n) is 15.9. The van der Waals surface area contributed by atoms with Crippen molar-refractivity contribution in [1.82, 2.24) is 25.3 Å². The summed E-state index contributed by atoms with van der Waals surface area (Å²) >= 11 is 0.907. The third-order valence-corrected chi connectivity index (χ3v) is 5.80. The van der Waals surface area contributed by atoms with E-state index < -0.39 is 0 Å². The molecule has 2 aromatic heterocycles. The first-order valence-electron chi connectivity index (χ1n) is 9.44. The van der Waals surface area contributed by atoms with Gasteiger partial charge in [-0.1, -0.05) is 6.07 Å². The Balaban J connectivity index is 1.42. The maximum atomic E-state index is 11.8. The number of thioether (sulfide) groups is 1. The number of piperazine rings is 1. The Morgan fingerprint density at radius 2 is 1.73 bits per heavy atom. The fraction of sp³-hybridized carbons (Fsp3) is 0.200. The first kappa shape index (κ1) is 18.5. The van der Waals surface area contributed by atoms with Gasteiger partial charge in [0.05, 0.1) is 10.4 Å². The van der Waals surface area contributed by atoms with Crippen molar-refractivity contribution in [3.8, 4) is 0 Å². The van der Waals surface area contributed by atoms with Crippen molar-refractivity contribution in [3.05, 3.63) is 53.5 Å². The molecular weight excluding hydrogens is 402 g/mol. The fourth-order valence-electron chi connectivity index (χ4n) is 3.55. The number of hydrogen-bond acceptors (Lipinski definition) is 9. The topological polar surface area (TPSA) is 104 Å². The minimum atomic E-state index is -0.367. The Hall–Kier alpha value is -3.53. The fourth-order valence-corrected chi connectivity index (χ4v) is 4.23. The van der Waals surface area contributed by atoms with E-state index in [1.807, 2.05) is 24.3 Å². The van der Waals surface area contributed by atoms with Crippen molar-refractivity contribution < 1.29 is 9.59 Å². The molecule has 0 saturated carbocycles. The van der Waals surface area contributed by atoms with Crippen molar-refractivity contribution in [2.45, 2.75) is 0 Å². The quantitative estimate of drug-likeness (QED) is 0.639. The van der Waals surface area contributed by atoms with Crippen LogP contribution in [-0.2, 0) is 4.79 Å². The number of aromatic nitrogens is 4. The third kappa shape index (κ3) is 3.57. The number of imide groups is 1. The Morgan fingerprint density at radius 1 is 0.967 bits per heavy atom. The molecule has 0 radical (unpaired) electrons. The van der Waals surface area contributed by atoms with Gasteiger partial charge in [-0.05, 0) is 41.6 Å². The molecule has 4 heterocycles. The molecule has 10 heteroatoms. The second kappa shape index (κ2) is 7.71. The summed E-state index contributed by atoms with van der Waals surface area (Å²) in [6.45, 7) is 3.14. The van der Waals surface area contributed by atoms with E-state index in [9.17, 15) is 9.59 Å². The molecule has 30 heavy (non-hydrogen) atoms. The van der Waals surface area contributed by atoms with Crippen LogP contribution < -0.4 is 15.1 Å². The molecule has 0 spiro atoms. The van der Waals surface area contributed by atoms with Gasteiger partial charge in [-0.2, -0.15) is 0 Å². The second-order valence-corrected chi connectivity index (χ2v) is 7.86. The number of amides is 2. The maximum Gasteiger partial charge on any atom is 0.290 e. The lowest BCUT2D eigenvalue weighted by Crippen LogP contribution is -2.47. The van der Waals surface area contributed by atoms with E-state index >= 15 is 0 Å². The van der Waals surface area contributed by atoms with E-state index in [-0.39, 0.29) is 11.1 Å². The van der Waals surface area contributed by atoms with Gasteiger partial charge in [0.2, 0.25) is 5.95 Å². The van der Waals surface area contributed by atoms with E-state index in [1.165, 1.54) is 0 Å². The molecule has 1 N–H and O–H groups in total. The first-order valence-corrected chi connectivity index (χ1v) is 10.3. The standard InChI is InChI=1S/C20H17N7O2S/c28-18-16(30-20(29)25-18)11-13-2-3-15-14(10-13)17(24-12-23-15)26-6-8-27(9-7-26)19-21-4-1-5-22-19/h1-5,10-12H,6-9H2,(H,25,28,29)/b16-11-. The summed E-state index contributed by atoms with van der Waals surface area (Å²) in [4.78, 5) is 45.6. The first-order chi connectivity index (χ1) is 14.7. The van der Waals surface area contributed by atoms with Crippen LogP contribution in [0.1, 0.15) is 5.56 Å². The van der Waals surface area contributed by atoms with Crippen molar-refractivity contribution in [3.63, 3.8) is 0 Å². The van der Waals surface area contributed by atoms with Gasteiger partial charge < -0.3 is 9.80 Å². The molecule has 2 aliphatic rings. The predicted molar refractivity (Wildman–Crippen MR) is 115 cm³/mol. The highest BCUT2D eigenvalue weighted by Crippen LogP contribution is 2.29. The molecule has 3 aromatic rings. The lowest BCUT2D eigenvalue weighted by atomic mass is 10.1. The highest BCUT2D eigenvalue weighted by Gasteiger charge is 2.25. The Morgan fingerprint density at radius 3 is 2.47 bits per heavy atom. The van der Waals surface area contributed by atoms with E-state index in [0.29, 0.717) is 4.91 Å². The van der Waals surface area contributed by atoms with Crippen LogP contribution >= 0.6 is 11.8 Å². The normalized spacial score (nSPS) is 18.3. The lowest BCUT2D eigenvalue weighted by molar-refractivity contribution is -0.115. The monoisotopic (exact) mass is 419 g/mol. The Bertz CT molecular complexity index is 1160. The number of benzene rings is 1.